The number of nitrogens with zero attached hydrogens (tertiary/aromatic N) is 5. The first kappa shape index (κ1) is 16.5. The van der Waals surface area contributed by atoms with Crippen LogP contribution in [-0.4, -0.2) is 36.9 Å². The lowest BCUT2D eigenvalue weighted by molar-refractivity contribution is -0.123. The lowest BCUT2D eigenvalue weighted by Crippen LogP contribution is -2.30. The van der Waals surface area contributed by atoms with Gasteiger partial charge in [0.05, 0.1) is 11.7 Å². The Labute approximate surface area is 152 Å². The Hall–Kier alpha value is -3.95. The minimum absolute atomic E-state index is 0.134. The number of amides is 1. The molecule has 10 heteroatoms. The number of ether oxygens (including phenoxy) is 1. The van der Waals surface area contributed by atoms with E-state index in [4.69, 9.17) is 20.8 Å². The number of carbonyl (C=O) groups excluding carboxylic acids is 1. The monoisotopic (exact) mass is 365 g/mol. The van der Waals surface area contributed by atoms with E-state index in [1.54, 1.807) is 31.5 Å². The molecule has 0 spiro atoms. The summed E-state index contributed by atoms with van der Waals surface area (Å²) in [5, 5.41) is 7.47. The van der Waals surface area contributed by atoms with Gasteiger partial charge in [-0.1, -0.05) is 0 Å². The molecule has 3 heterocycles. The van der Waals surface area contributed by atoms with Crippen molar-refractivity contribution in [3.8, 4) is 23.0 Å². The number of rotatable bonds is 5. The zero-order valence-corrected chi connectivity index (χ0v) is 14.2. The molecule has 4 aromatic rings. The number of nitrogens with two attached hydrogens (primary N) is 2. The average Bonchev–Trinajstić information content (AvgIpc) is 3.25. The van der Waals surface area contributed by atoms with Crippen molar-refractivity contribution >= 4 is 22.8 Å². The van der Waals surface area contributed by atoms with Gasteiger partial charge in [-0.15, -0.1) is 0 Å². The fourth-order valence-corrected chi connectivity index (χ4v) is 2.64. The van der Waals surface area contributed by atoms with Crippen LogP contribution < -0.4 is 16.2 Å². The van der Waals surface area contributed by atoms with Crippen LogP contribution in [0.5, 0.6) is 5.75 Å². The highest BCUT2D eigenvalue weighted by molar-refractivity contribution is 5.83. The SMILES string of the molecule is CC(Oc1ccc(-n2c(-c3nonc3N)nc3cnccc32)cc1)C(N)=O. The van der Waals surface area contributed by atoms with Crippen LogP contribution in [0.15, 0.2) is 47.4 Å². The Morgan fingerprint density at radius 2 is 2.00 bits per heavy atom. The van der Waals surface area contributed by atoms with Crippen molar-refractivity contribution in [1.29, 1.82) is 0 Å². The number of imidazole rings is 1. The molecule has 0 aliphatic heterocycles. The molecule has 1 aromatic carbocycles. The fraction of sp³-hybridized carbons (Fsp3) is 0.118. The first-order chi connectivity index (χ1) is 13.0. The van der Waals surface area contributed by atoms with Crippen molar-refractivity contribution < 1.29 is 14.2 Å². The van der Waals surface area contributed by atoms with Crippen LogP contribution in [0.1, 0.15) is 6.92 Å². The molecule has 0 aliphatic carbocycles. The van der Waals surface area contributed by atoms with Crippen LogP contribution in [0.25, 0.3) is 28.2 Å². The lowest BCUT2D eigenvalue weighted by Gasteiger charge is -2.13. The van der Waals surface area contributed by atoms with Crippen LogP contribution in [0.4, 0.5) is 5.82 Å². The van der Waals surface area contributed by atoms with Gasteiger partial charge in [-0.2, -0.15) is 0 Å². The molecule has 1 unspecified atom stereocenters. The zero-order valence-electron chi connectivity index (χ0n) is 14.2. The number of hydrogen-bond donors (Lipinski definition) is 2. The maximum Gasteiger partial charge on any atom is 0.258 e. The number of hydrogen-bond acceptors (Lipinski definition) is 8. The molecule has 0 aliphatic rings. The molecular formula is C17H15N7O3. The molecule has 0 fully saturated rings. The van der Waals surface area contributed by atoms with E-state index in [-0.39, 0.29) is 5.82 Å². The highest BCUT2D eigenvalue weighted by atomic mass is 16.6. The van der Waals surface area contributed by atoms with Gasteiger partial charge in [0.1, 0.15) is 11.3 Å². The molecule has 1 amide bonds. The average molecular weight is 365 g/mol. The summed E-state index contributed by atoms with van der Waals surface area (Å²) in [5.74, 6) is 0.578. The van der Waals surface area contributed by atoms with E-state index < -0.39 is 12.0 Å². The second kappa shape index (κ2) is 6.41. The zero-order chi connectivity index (χ0) is 19.0. The van der Waals surface area contributed by atoms with Gasteiger partial charge < -0.3 is 16.2 Å². The minimum Gasteiger partial charge on any atom is -0.481 e. The van der Waals surface area contributed by atoms with Crippen molar-refractivity contribution in [2.45, 2.75) is 13.0 Å². The van der Waals surface area contributed by atoms with Gasteiger partial charge in [-0.3, -0.25) is 14.3 Å². The van der Waals surface area contributed by atoms with Gasteiger partial charge in [0.2, 0.25) is 0 Å². The van der Waals surface area contributed by atoms with Crippen LogP contribution >= 0.6 is 0 Å². The Kier molecular flexibility index (Phi) is 3.92. The van der Waals surface area contributed by atoms with Crippen LogP contribution in [0.3, 0.4) is 0 Å². The quantitative estimate of drug-likeness (QED) is 0.538. The molecule has 27 heavy (non-hydrogen) atoms. The van der Waals surface area contributed by atoms with E-state index in [2.05, 4.69) is 20.3 Å². The highest BCUT2D eigenvalue weighted by Gasteiger charge is 2.20. The maximum absolute atomic E-state index is 11.2. The van der Waals surface area contributed by atoms with E-state index in [1.165, 1.54) is 0 Å². The summed E-state index contributed by atoms with van der Waals surface area (Å²) in [6.45, 7) is 1.59. The van der Waals surface area contributed by atoms with Crippen molar-refractivity contribution in [1.82, 2.24) is 24.8 Å². The molecule has 0 bridgehead atoms. The predicted molar refractivity (Wildman–Crippen MR) is 95.9 cm³/mol. The third-order valence-electron chi connectivity index (χ3n) is 3.99. The summed E-state index contributed by atoms with van der Waals surface area (Å²) in [5.41, 5.74) is 13.7. The summed E-state index contributed by atoms with van der Waals surface area (Å²) >= 11 is 0. The number of anilines is 1. The number of benzene rings is 1. The van der Waals surface area contributed by atoms with E-state index in [0.29, 0.717) is 22.8 Å². The van der Waals surface area contributed by atoms with Crippen molar-refractivity contribution in [3.05, 3.63) is 42.7 Å². The number of nitrogen functional groups attached to an aromatic ring is 1. The van der Waals surface area contributed by atoms with E-state index in [1.807, 2.05) is 22.8 Å². The van der Waals surface area contributed by atoms with E-state index in [9.17, 15) is 4.79 Å². The largest absolute Gasteiger partial charge is 0.481 e. The third kappa shape index (κ3) is 2.92. The number of carbonyl (C=O) groups is 1. The van der Waals surface area contributed by atoms with Gasteiger partial charge in [0, 0.05) is 11.9 Å². The Bertz CT molecular complexity index is 1120. The Morgan fingerprint density at radius 3 is 2.67 bits per heavy atom. The third-order valence-corrected chi connectivity index (χ3v) is 3.99. The second-order valence-corrected chi connectivity index (χ2v) is 5.79. The number of aromatic nitrogens is 5. The van der Waals surface area contributed by atoms with Crippen molar-refractivity contribution in [2.75, 3.05) is 5.73 Å². The van der Waals surface area contributed by atoms with Gasteiger partial charge >= 0.3 is 0 Å². The highest BCUT2D eigenvalue weighted by Crippen LogP contribution is 2.30. The molecular weight excluding hydrogens is 350 g/mol. The van der Waals surface area contributed by atoms with Gasteiger partial charge in [0.15, 0.2) is 23.4 Å². The molecule has 4 rings (SSSR count). The smallest absolute Gasteiger partial charge is 0.258 e. The summed E-state index contributed by atoms with van der Waals surface area (Å²) in [4.78, 5) is 19.8. The van der Waals surface area contributed by atoms with Crippen molar-refractivity contribution in [3.63, 3.8) is 0 Å². The summed E-state index contributed by atoms with van der Waals surface area (Å²) in [6, 6.07) is 8.93. The molecule has 1 atom stereocenters. The molecule has 10 nitrogen and oxygen atoms in total. The minimum atomic E-state index is -0.729. The molecule has 136 valence electrons. The topological polar surface area (TPSA) is 148 Å². The second-order valence-electron chi connectivity index (χ2n) is 5.79. The lowest BCUT2D eigenvalue weighted by atomic mass is 10.2. The van der Waals surface area contributed by atoms with Gasteiger partial charge in [-0.25, -0.2) is 9.61 Å². The summed E-state index contributed by atoms with van der Waals surface area (Å²) < 4.78 is 12.1. The fourth-order valence-electron chi connectivity index (χ4n) is 2.64. The summed E-state index contributed by atoms with van der Waals surface area (Å²) in [6.07, 6.45) is 2.58. The first-order valence-electron chi connectivity index (χ1n) is 8.02. The Balaban J connectivity index is 1.81. The molecule has 4 N–H and O–H groups in total. The van der Waals surface area contributed by atoms with Crippen molar-refractivity contribution in [2.24, 2.45) is 5.73 Å². The summed E-state index contributed by atoms with van der Waals surface area (Å²) in [7, 11) is 0. The van der Waals surface area contributed by atoms with Gasteiger partial charge in [-0.05, 0) is 47.6 Å². The normalized spacial score (nSPS) is 12.2. The molecule has 0 saturated carbocycles. The number of primary amides is 1. The maximum atomic E-state index is 11.2. The predicted octanol–water partition coefficient (Wildman–Crippen LogP) is 1.31. The molecule has 3 aromatic heterocycles. The van der Waals surface area contributed by atoms with E-state index >= 15 is 0 Å². The number of pyridine rings is 1. The standard InChI is InChI=1S/C17H15N7O3/c1-9(16(19)25)26-11-4-2-10(3-5-11)24-13-6-7-20-8-12(13)21-17(24)14-15(18)23-27-22-14/h2-9H,1H3,(H2,18,23)(H2,19,25). The first-order valence-corrected chi connectivity index (χ1v) is 8.02. The molecule has 0 radical (unpaired) electrons. The molecule has 0 saturated heterocycles. The van der Waals surface area contributed by atoms with E-state index in [0.717, 1.165) is 11.2 Å². The number of fused-ring (bicyclic) bond motifs is 1. The Morgan fingerprint density at radius 1 is 1.22 bits per heavy atom. The van der Waals surface area contributed by atoms with Crippen LogP contribution in [0.2, 0.25) is 0 Å². The van der Waals surface area contributed by atoms with Crippen LogP contribution in [-0.2, 0) is 4.79 Å². The van der Waals surface area contributed by atoms with Gasteiger partial charge in [0.25, 0.3) is 5.91 Å². The van der Waals surface area contributed by atoms with Crippen LogP contribution in [0, 0.1) is 0 Å².